The molecule has 4 rings (SSSR count). The van der Waals surface area contributed by atoms with Gasteiger partial charge in [0.2, 0.25) is 0 Å². The molecule has 0 nitrogen and oxygen atoms in total. The molecule has 2 unspecified atom stereocenters. The monoisotopic (exact) mass is 370 g/mol. The minimum Gasteiger partial charge on any atom is -0.0622 e. The summed E-state index contributed by atoms with van der Waals surface area (Å²) in [4.78, 5) is 0. The largest absolute Gasteiger partial charge is 0.0622 e. The van der Waals surface area contributed by atoms with Crippen LogP contribution in [-0.4, -0.2) is 0 Å². The molecule has 0 aliphatic heterocycles. The fourth-order valence-electron chi connectivity index (χ4n) is 2.93. The van der Waals surface area contributed by atoms with Crippen molar-refractivity contribution < 1.29 is 0 Å². The van der Waals surface area contributed by atoms with Crippen molar-refractivity contribution in [1.29, 1.82) is 0 Å². The van der Waals surface area contributed by atoms with Crippen LogP contribution in [0.4, 0.5) is 0 Å². The second-order valence-corrected chi connectivity index (χ2v) is 8.95. The lowest BCUT2D eigenvalue weighted by atomic mass is 10.1. The third-order valence-electron chi connectivity index (χ3n) is 4.18. The first-order chi connectivity index (χ1) is 12.9. The smallest absolute Gasteiger partial charge is 0.0177 e. The van der Waals surface area contributed by atoms with Gasteiger partial charge in [-0.2, -0.15) is 0 Å². The van der Waals surface area contributed by atoms with Crippen LogP contribution in [0.25, 0.3) is 11.1 Å². The van der Waals surface area contributed by atoms with Crippen LogP contribution in [-0.2, 0) is 0 Å². The molecule has 0 amide bonds. The van der Waals surface area contributed by atoms with Gasteiger partial charge in [0, 0.05) is 0 Å². The predicted molar refractivity (Wildman–Crippen MR) is 120 cm³/mol. The standard InChI is InChI=1S/C24H20P2/c1-3-11-21(12-4-1)25-23-15-7-9-19(17-23)20-10-8-16-24(18-20)26-22-13-5-2-6-14-22/h1-18,25-26H. The molecule has 4 aromatic rings. The van der Waals surface area contributed by atoms with E-state index in [1.807, 2.05) is 0 Å². The normalized spacial score (nSPS) is 11.5. The summed E-state index contributed by atoms with van der Waals surface area (Å²) in [5.74, 6) is 0. The van der Waals surface area contributed by atoms with E-state index in [0.29, 0.717) is 17.2 Å². The van der Waals surface area contributed by atoms with Crippen LogP contribution in [0.5, 0.6) is 0 Å². The first-order valence-electron chi connectivity index (χ1n) is 8.71. The van der Waals surface area contributed by atoms with Crippen molar-refractivity contribution in [3.8, 4) is 11.1 Å². The minimum atomic E-state index is 0.695. The van der Waals surface area contributed by atoms with Crippen LogP contribution in [0.1, 0.15) is 0 Å². The highest BCUT2D eigenvalue weighted by Gasteiger charge is 2.03. The van der Waals surface area contributed by atoms with Crippen molar-refractivity contribution in [2.45, 2.75) is 0 Å². The van der Waals surface area contributed by atoms with Crippen LogP contribution in [0.3, 0.4) is 0 Å². The molecular weight excluding hydrogens is 350 g/mol. The van der Waals surface area contributed by atoms with Gasteiger partial charge in [-0.1, -0.05) is 114 Å². The van der Waals surface area contributed by atoms with E-state index in [-0.39, 0.29) is 0 Å². The van der Waals surface area contributed by atoms with Crippen molar-refractivity contribution in [2.75, 3.05) is 0 Å². The topological polar surface area (TPSA) is 0 Å². The van der Waals surface area contributed by atoms with E-state index in [9.17, 15) is 0 Å². The maximum Gasteiger partial charge on any atom is -0.0177 e. The Balaban J connectivity index is 1.57. The van der Waals surface area contributed by atoms with E-state index < -0.39 is 0 Å². The molecule has 0 saturated heterocycles. The van der Waals surface area contributed by atoms with Gasteiger partial charge in [0.1, 0.15) is 0 Å². The highest BCUT2D eigenvalue weighted by atomic mass is 31.1. The molecule has 26 heavy (non-hydrogen) atoms. The van der Waals surface area contributed by atoms with Crippen LogP contribution < -0.4 is 21.2 Å². The van der Waals surface area contributed by atoms with E-state index in [1.54, 1.807) is 0 Å². The summed E-state index contributed by atoms with van der Waals surface area (Å²) in [6.45, 7) is 0. The van der Waals surface area contributed by atoms with Gasteiger partial charge >= 0.3 is 0 Å². The molecule has 0 fully saturated rings. The lowest BCUT2D eigenvalue weighted by molar-refractivity contribution is 1.66. The molecule has 0 spiro atoms. The number of hydrogen-bond acceptors (Lipinski definition) is 0. The van der Waals surface area contributed by atoms with Crippen LogP contribution >= 0.6 is 17.2 Å². The molecule has 0 radical (unpaired) electrons. The average molecular weight is 370 g/mol. The predicted octanol–water partition coefficient (Wildman–Crippen LogP) is 4.61. The second-order valence-electron chi connectivity index (χ2n) is 6.14. The number of benzene rings is 4. The quantitative estimate of drug-likeness (QED) is 0.450. The zero-order chi connectivity index (χ0) is 17.6. The number of rotatable bonds is 5. The SMILES string of the molecule is c1ccc(Pc2cccc(-c3cccc(Pc4ccccc4)c3)c2)cc1. The van der Waals surface area contributed by atoms with Gasteiger partial charge in [-0.25, -0.2) is 0 Å². The first kappa shape index (κ1) is 17.2. The van der Waals surface area contributed by atoms with Crippen molar-refractivity contribution in [3.63, 3.8) is 0 Å². The molecule has 0 aliphatic carbocycles. The summed E-state index contributed by atoms with van der Waals surface area (Å²) in [5.41, 5.74) is 2.59. The fraction of sp³-hybridized carbons (Fsp3) is 0. The highest BCUT2D eigenvalue weighted by Crippen LogP contribution is 2.22. The van der Waals surface area contributed by atoms with Gasteiger partial charge in [-0.15, -0.1) is 0 Å². The Kier molecular flexibility index (Phi) is 5.56. The lowest BCUT2D eigenvalue weighted by Crippen LogP contribution is -2.04. The first-order valence-corrected chi connectivity index (χ1v) is 10.7. The van der Waals surface area contributed by atoms with E-state index in [0.717, 1.165) is 0 Å². The maximum absolute atomic E-state index is 2.33. The fourth-order valence-corrected chi connectivity index (χ4v) is 5.13. The summed E-state index contributed by atoms with van der Waals surface area (Å²) in [7, 11) is 1.39. The number of hydrogen-bond donors (Lipinski definition) is 0. The Morgan fingerprint density at radius 2 is 0.731 bits per heavy atom. The molecule has 0 aliphatic rings. The Morgan fingerprint density at radius 1 is 0.346 bits per heavy atom. The van der Waals surface area contributed by atoms with Crippen LogP contribution in [0.2, 0.25) is 0 Å². The van der Waals surface area contributed by atoms with Crippen molar-refractivity contribution >= 4 is 38.4 Å². The third kappa shape index (κ3) is 4.47. The van der Waals surface area contributed by atoms with Gasteiger partial charge in [0.25, 0.3) is 0 Å². The summed E-state index contributed by atoms with van der Waals surface area (Å²) < 4.78 is 0. The van der Waals surface area contributed by atoms with E-state index >= 15 is 0 Å². The minimum absolute atomic E-state index is 0.695. The van der Waals surface area contributed by atoms with Gasteiger partial charge in [0.05, 0.1) is 0 Å². The summed E-state index contributed by atoms with van der Waals surface area (Å²) in [6.07, 6.45) is 0. The third-order valence-corrected chi connectivity index (χ3v) is 6.63. The van der Waals surface area contributed by atoms with Crippen molar-refractivity contribution in [3.05, 3.63) is 109 Å². The zero-order valence-electron chi connectivity index (χ0n) is 14.4. The molecule has 2 heteroatoms. The summed E-state index contributed by atoms with van der Waals surface area (Å²) in [6, 6.07) is 39.3. The molecular formula is C24H20P2. The van der Waals surface area contributed by atoms with Crippen molar-refractivity contribution in [2.24, 2.45) is 0 Å². The summed E-state index contributed by atoms with van der Waals surface area (Å²) in [5, 5.41) is 5.52. The second kappa shape index (κ2) is 8.41. The Bertz CT molecular complexity index is 896. The Morgan fingerprint density at radius 3 is 1.15 bits per heavy atom. The molecule has 0 bridgehead atoms. The molecule has 126 valence electrons. The van der Waals surface area contributed by atoms with E-state index in [1.165, 1.54) is 32.3 Å². The molecule has 0 N–H and O–H groups in total. The van der Waals surface area contributed by atoms with Gasteiger partial charge in [0.15, 0.2) is 0 Å². The Hall–Kier alpha value is -2.26. The van der Waals surface area contributed by atoms with E-state index in [4.69, 9.17) is 0 Å². The van der Waals surface area contributed by atoms with E-state index in [2.05, 4.69) is 109 Å². The molecule has 4 aromatic carbocycles. The van der Waals surface area contributed by atoms with Gasteiger partial charge in [-0.05, 0) is 44.5 Å². The Labute approximate surface area is 158 Å². The van der Waals surface area contributed by atoms with Crippen LogP contribution in [0, 0.1) is 0 Å². The lowest BCUT2D eigenvalue weighted by Gasteiger charge is -2.08. The van der Waals surface area contributed by atoms with Crippen molar-refractivity contribution in [1.82, 2.24) is 0 Å². The van der Waals surface area contributed by atoms with Crippen LogP contribution in [0.15, 0.2) is 109 Å². The molecule has 0 aromatic heterocycles. The van der Waals surface area contributed by atoms with Gasteiger partial charge < -0.3 is 0 Å². The van der Waals surface area contributed by atoms with Gasteiger partial charge in [-0.3, -0.25) is 0 Å². The average Bonchev–Trinajstić information content (AvgIpc) is 2.70. The summed E-state index contributed by atoms with van der Waals surface area (Å²) >= 11 is 0. The molecule has 0 saturated carbocycles. The maximum atomic E-state index is 2.33. The molecule has 2 atom stereocenters. The highest BCUT2D eigenvalue weighted by molar-refractivity contribution is 7.55. The zero-order valence-corrected chi connectivity index (χ0v) is 16.4. The molecule has 0 heterocycles.